The molecule has 0 heterocycles. The number of carbonyl (C=O) groups excluding carboxylic acids is 2. The molecule has 4 heteroatoms. The number of hydrogen-bond acceptors (Lipinski definition) is 2. The van der Waals surface area contributed by atoms with E-state index in [4.69, 9.17) is 0 Å². The molecule has 0 radical (unpaired) electrons. The first-order chi connectivity index (χ1) is 8.88. The van der Waals surface area contributed by atoms with Crippen LogP contribution in [-0.4, -0.2) is 47.8 Å². The maximum atomic E-state index is 12.2. The van der Waals surface area contributed by atoms with Crippen LogP contribution in [0.5, 0.6) is 0 Å². The third-order valence-electron chi connectivity index (χ3n) is 3.95. The van der Waals surface area contributed by atoms with Crippen LogP contribution >= 0.6 is 0 Å². The highest BCUT2D eigenvalue weighted by atomic mass is 16.2. The standard InChI is InChI=1S/C15H30N2O2/c1-7-14(16(6)13(5)18)11-10-12(4)15(19)17(8-2)9-3/h12,14H,7-11H2,1-6H3. The number of rotatable bonds is 8. The second-order valence-corrected chi connectivity index (χ2v) is 5.18. The van der Waals surface area contributed by atoms with Gasteiger partial charge in [0.25, 0.3) is 0 Å². The molecule has 0 aromatic carbocycles. The normalized spacial score (nSPS) is 13.8. The van der Waals surface area contributed by atoms with E-state index in [-0.39, 0.29) is 23.8 Å². The number of hydrogen-bond donors (Lipinski definition) is 0. The highest BCUT2D eigenvalue weighted by Crippen LogP contribution is 2.16. The van der Waals surface area contributed by atoms with E-state index in [1.807, 2.05) is 32.7 Å². The molecule has 4 nitrogen and oxygen atoms in total. The van der Waals surface area contributed by atoms with Crippen LogP contribution in [-0.2, 0) is 9.59 Å². The molecule has 19 heavy (non-hydrogen) atoms. The first-order valence-electron chi connectivity index (χ1n) is 7.41. The van der Waals surface area contributed by atoms with E-state index in [0.29, 0.717) is 0 Å². The van der Waals surface area contributed by atoms with Crippen molar-refractivity contribution in [1.82, 2.24) is 9.80 Å². The largest absolute Gasteiger partial charge is 0.343 e. The topological polar surface area (TPSA) is 40.6 Å². The second kappa shape index (κ2) is 8.94. The molecule has 0 saturated carbocycles. The van der Waals surface area contributed by atoms with Gasteiger partial charge >= 0.3 is 0 Å². The lowest BCUT2D eigenvalue weighted by molar-refractivity contribution is -0.134. The van der Waals surface area contributed by atoms with Crippen molar-refractivity contribution < 1.29 is 9.59 Å². The minimum atomic E-state index is 0.0364. The summed E-state index contributed by atoms with van der Waals surface area (Å²) in [5, 5.41) is 0. The van der Waals surface area contributed by atoms with Gasteiger partial charge in [-0.15, -0.1) is 0 Å². The molecule has 0 aliphatic carbocycles. The Bertz CT molecular complexity index is 288. The number of carbonyl (C=O) groups is 2. The van der Waals surface area contributed by atoms with Crippen molar-refractivity contribution in [2.75, 3.05) is 20.1 Å². The lowest BCUT2D eigenvalue weighted by atomic mass is 9.98. The minimum Gasteiger partial charge on any atom is -0.343 e. The fourth-order valence-corrected chi connectivity index (χ4v) is 2.34. The van der Waals surface area contributed by atoms with Crippen LogP contribution < -0.4 is 0 Å². The Hall–Kier alpha value is -1.06. The molecule has 0 fully saturated rings. The molecule has 0 aromatic rings. The maximum absolute atomic E-state index is 12.2. The first kappa shape index (κ1) is 17.9. The Morgan fingerprint density at radius 1 is 1.05 bits per heavy atom. The molecular formula is C15H30N2O2. The second-order valence-electron chi connectivity index (χ2n) is 5.18. The molecule has 0 rings (SSSR count). The van der Waals surface area contributed by atoms with Crippen LogP contribution in [0, 0.1) is 5.92 Å². The summed E-state index contributed by atoms with van der Waals surface area (Å²) in [5.41, 5.74) is 0. The van der Waals surface area contributed by atoms with Gasteiger partial charge < -0.3 is 9.80 Å². The summed E-state index contributed by atoms with van der Waals surface area (Å²) in [7, 11) is 1.84. The summed E-state index contributed by atoms with van der Waals surface area (Å²) in [6, 6.07) is 0.240. The van der Waals surface area contributed by atoms with Crippen molar-refractivity contribution in [3.05, 3.63) is 0 Å². The van der Waals surface area contributed by atoms with Gasteiger partial charge in [0, 0.05) is 39.0 Å². The molecular weight excluding hydrogens is 240 g/mol. The van der Waals surface area contributed by atoms with Crippen LogP contribution in [0.1, 0.15) is 53.9 Å². The highest BCUT2D eigenvalue weighted by molar-refractivity contribution is 5.78. The Balaban J connectivity index is 4.37. The third kappa shape index (κ3) is 5.62. The molecule has 0 N–H and O–H groups in total. The summed E-state index contributed by atoms with van der Waals surface area (Å²) in [6.45, 7) is 11.2. The smallest absolute Gasteiger partial charge is 0.225 e. The first-order valence-corrected chi connectivity index (χ1v) is 7.41. The predicted octanol–water partition coefficient (Wildman–Crippen LogP) is 2.53. The van der Waals surface area contributed by atoms with Gasteiger partial charge in [-0.25, -0.2) is 0 Å². The molecule has 0 aliphatic heterocycles. The summed E-state index contributed by atoms with van der Waals surface area (Å²) < 4.78 is 0. The fraction of sp³-hybridized carbons (Fsp3) is 0.867. The van der Waals surface area contributed by atoms with Gasteiger partial charge in [0.05, 0.1) is 0 Å². The Labute approximate surface area is 118 Å². The van der Waals surface area contributed by atoms with Crippen molar-refractivity contribution in [2.24, 2.45) is 5.92 Å². The van der Waals surface area contributed by atoms with Gasteiger partial charge in [0.2, 0.25) is 11.8 Å². The van der Waals surface area contributed by atoms with Crippen LogP contribution in [0.3, 0.4) is 0 Å². The van der Waals surface area contributed by atoms with E-state index in [1.165, 1.54) is 0 Å². The lowest BCUT2D eigenvalue weighted by Gasteiger charge is -2.28. The van der Waals surface area contributed by atoms with Crippen LogP contribution in [0.15, 0.2) is 0 Å². The zero-order valence-corrected chi connectivity index (χ0v) is 13.4. The van der Waals surface area contributed by atoms with Gasteiger partial charge in [-0.2, -0.15) is 0 Å². The molecule has 0 saturated heterocycles. The molecule has 2 unspecified atom stereocenters. The fourth-order valence-electron chi connectivity index (χ4n) is 2.34. The van der Waals surface area contributed by atoms with E-state index < -0.39 is 0 Å². The van der Waals surface area contributed by atoms with E-state index in [1.54, 1.807) is 11.8 Å². The molecule has 0 aliphatic rings. The van der Waals surface area contributed by atoms with E-state index >= 15 is 0 Å². The molecule has 2 amide bonds. The summed E-state index contributed by atoms with van der Waals surface area (Å²) in [6.07, 6.45) is 2.66. The van der Waals surface area contributed by atoms with Crippen LogP contribution in [0.4, 0.5) is 0 Å². The molecule has 0 spiro atoms. The Kier molecular flexibility index (Phi) is 8.44. The van der Waals surface area contributed by atoms with E-state index in [2.05, 4.69) is 6.92 Å². The summed E-state index contributed by atoms with van der Waals surface area (Å²) in [4.78, 5) is 27.2. The van der Waals surface area contributed by atoms with Crippen molar-refractivity contribution in [3.63, 3.8) is 0 Å². The highest BCUT2D eigenvalue weighted by Gasteiger charge is 2.21. The Morgan fingerprint density at radius 3 is 1.95 bits per heavy atom. The van der Waals surface area contributed by atoms with Crippen LogP contribution in [0.2, 0.25) is 0 Å². The number of nitrogens with zero attached hydrogens (tertiary/aromatic N) is 2. The summed E-state index contributed by atoms with van der Waals surface area (Å²) >= 11 is 0. The quantitative estimate of drug-likeness (QED) is 0.680. The third-order valence-corrected chi connectivity index (χ3v) is 3.95. The molecule has 0 bridgehead atoms. The van der Waals surface area contributed by atoms with Gasteiger partial charge in [-0.1, -0.05) is 13.8 Å². The Morgan fingerprint density at radius 2 is 1.58 bits per heavy atom. The van der Waals surface area contributed by atoms with E-state index in [0.717, 1.165) is 32.4 Å². The average molecular weight is 270 g/mol. The lowest BCUT2D eigenvalue weighted by Crippen LogP contribution is -2.37. The zero-order valence-electron chi connectivity index (χ0n) is 13.4. The van der Waals surface area contributed by atoms with Crippen molar-refractivity contribution in [1.29, 1.82) is 0 Å². The van der Waals surface area contributed by atoms with Gasteiger partial charge in [-0.3, -0.25) is 9.59 Å². The van der Waals surface area contributed by atoms with Crippen molar-refractivity contribution in [3.8, 4) is 0 Å². The monoisotopic (exact) mass is 270 g/mol. The minimum absolute atomic E-state index is 0.0364. The summed E-state index contributed by atoms with van der Waals surface area (Å²) in [5.74, 6) is 0.356. The van der Waals surface area contributed by atoms with Gasteiger partial charge in [0.15, 0.2) is 0 Å². The average Bonchev–Trinajstić information content (AvgIpc) is 2.39. The molecule has 2 atom stereocenters. The van der Waals surface area contributed by atoms with Gasteiger partial charge in [0.1, 0.15) is 0 Å². The SMILES string of the molecule is CCC(CCC(C)C(=O)N(CC)CC)N(C)C(C)=O. The van der Waals surface area contributed by atoms with Crippen molar-refractivity contribution in [2.45, 2.75) is 59.9 Å². The van der Waals surface area contributed by atoms with Crippen molar-refractivity contribution >= 4 is 11.8 Å². The van der Waals surface area contributed by atoms with Crippen LogP contribution in [0.25, 0.3) is 0 Å². The predicted molar refractivity (Wildman–Crippen MR) is 78.8 cm³/mol. The maximum Gasteiger partial charge on any atom is 0.225 e. The zero-order chi connectivity index (χ0) is 15.0. The van der Waals surface area contributed by atoms with Gasteiger partial charge in [-0.05, 0) is 33.1 Å². The molecule has 0 aromatic heterocycles. The van der Waals surface area contributed by atoms with E-state index in [9.17, 15) is 9.59 Å². The molecule has 112 valence electrons. The number of amides is 2.